The van der Waals surface area contributed by atoms with Crippen LogP contribution in [0.4, 0.5) is 0 Å². The summed E-state index contributed by atoms with van der Waals surface area (Å²) in [5.74, 6) is -0.00151. The first-order valence-electron chi connectivity index (χ1n) is 23.3. The molecule has 0 amide bonds. The molecule has 2 unspecified atom stereocenters. The lowest BCUT2D eigenvalue weighted by Gasteiger charge is -2.30. The SMILES string of the molecule is CCCCCCCCCOC(=O)CCCCCCC1CCC(CCCCCCC(=O)OC(CCCCCCCC)CCCCCCCC)N1CCO. The third-order valence-electron chi connectivity index (χ3n) is 11.5. The average molecular weight is 736 g/mol. The van der Waals surface area contributed by atoms with Crippen molar-refractivity contribution in [2.45, 2.75) is 264 Å². The van der Waals surface area contributed by atoms with Crippen LogP contribution in [0.3, 0.4) is 0 Å². The number of likely N-dealkylation sites (tertiary alicyclic amines) is 1. The normalized spacial score (nSPS) is 16.2. The zero-order valence-corrected chi connectivity index (χ0v) is 35.1. The number of rotatable bonds is 39. The summed E-state index contributed by atoms with van der Waals surface area (Å²) in [4.78, 5) is 27.5. The maximum atomic E-state index is 12.8. The number of aliphatic hydroxyl groups is 1. The van der Waals surface area contributed by atoms with Gasteiger partial charge in [0.25, 0.3) is 0 Å². The summed E-state index contributed by atoms with van der Waals surface area (Å²) in [6.07, 6.45) is 41.0. The first-order chi connectivity index (χ1) is 25.5. The van der Waals surface area contributed by atoms with Crippen molar-refractivity contribution in [3.63, 3.8) is 0 Å². The van der Waals surface area contributed by atoms with Gasteiger partial charge >= 0.3 is 11.9 Å². The van der Waals surface area contributed by atoms with Gasteiger partial charge in [-0.3, -0.25) is 14.5 Å². The van der Waals surface area contributed by atoms with Crippen LogP contribution in [0.1, 0.15) is 245 Å². The van der Waals surface area contributed by atoms with Crippen LogP contribution in [0.15, 0.2) is 0 Å². The highest BCUT2D eigenvalue weighted by Gasteiger charge is 2.31. The van der Waals surface area contributed by atoms with Gasteiger partial charge in [-0.05, 0) is 70.6 Å². The Bertz CT molecular complexity index is 775. The quantitative estimate of drug-likeness (QED) is 0.0500. The van der Waals surface area contributed by atoms with Crippen molar-refractivity contribution in [3.8, 4) is 0 Å². The molecule has 0 aromatic carbocycles. The summed E-state index contributed by atoms with van der Waals surface area (Å²) < 4.78 is 11.5. The van der Waals surface area contributed by atoms with Gasteiger partial charge in [-0.25, -0.2) is 0 Å². The number of β-amino-alcohol motifs (C(OH)–C–C–N with tert-alkyl or cyclic N) is 1. The van der Waals surface area contributed by atoms with Gasteiger partial charge in [0.2, 0.25) is 0 Å². The Labute approximate surface area is 323 Å². The van der Waals surface area contributed by atoms with Crippen LogP contribution >= 0.6 is 0 Å². The highest BCUT2D eigenvalue weighted by atomic mass is 16.5. The van der Waals surface area contributed by atoms with Gasteiger partial charge in [0.15, 0.2) is 0 Å². The topological polar surface area (TPSA) is 76.1 Å². The van der Waals surface area contributed by atoms with Crippen LogP contribution in [0.2, 0.25) is 0 Å². The van der Waals surface area contributed by atoms with E-state index in [0.717, 1.165) is 51.5 Å². The second-order valence-electron chi connectivity index (χ2n) is 16.3. The van der Waals surface area contributed by atoms with E-state index in [4.69, 9.17) is 9.47 Å². The summed E-state index contributed by atoms with van der Waals surface area (Å²) in [5.41, 5.74) is 0. The maximum Gasteiger partial charge on any atom is 0.306 e. The van der Waals surface area contributed by atoms with Crippen molar-refractivity contribution in [3.05, 3.63) is 0 Å². The van der Waals surface area contributed by atoms with Crippen molar-refractivity contribution in [2.75, 3.05) is 19.8 Å². The van der Waals surface area contributed by atoms with Gasteiger partial charge in [-0.2, -0.15) is 0 Å². The number of nitrogens with zero attached hydrogens (tertiary/aromatic N) is 1. The van der Waals surface area contributed by atoms with E-state index in [1.165, 1.54) is 167 Å². The molecule has 1 heterocycles. The Balaban J connectivity index is 2.19. The van der Waals surface area contributed by atoms with Gasteiger partial charge in [0, 0.05) is 31.5 Å². The maximum absolute atomic E-state index is 12.8. The number of ether oxygens (including phenoxy) is 2. The Morgan fingerprint density at radius 1 is 0.538 bits per heavy atom. The third-order valence-corrected chi connectivity index (χ3v) is 11.5. The molecule has 1 fully saturated rings. The lowest BCUT2D eigenvalue weighted by molar-refractivity contribution is -0.150. The molecule has 0 aromatic rings. The second kappa shape index (κ2) is 36.8. The molecule has 0 aromatic heterocycles. The molecule has 1 saturated heterocycles. The van der Waals surface area contributed by atoms with Crippen molar-refractivity contribution in [2.24, 2.45) is 0 Å². The lowest BCUT2D eigenvalue weighted by Crippen LogP contribution is -2.38. The smallest absolute Gasteiger partial charge is 0.306 e. The number of carbonyl (C=O) groups is 2. The van der Waals surface area contributed by atoms with E-state index in [0.29, 0.717) is 31.5 Å². The summed E-state index contributed by atoms with van der Waals surface area (Å²) >= 11 is 0. The molecule has 0 spiro atoms. The van der Waals surface area contributed by atoms with E-state index in [1.807, 2.05) is 0 Å². The van der Waals surface area contributed by atoms with Gasteiger partial charge in [-0.1, -0.05) is 162 Å². The van der Waals surface area contributed by atoms with Crippen molar-refractivity contribution >= 4 is 11.9 Å². The van der Waals surface area contributed by atoms with Crippen LogP contribution in [0.5, 0.6) is 0 Å². The molecule has 0 bridgehead atoms. The van der Waals surface area contributed by atoms with Gasteiger partial charge in [0.05, 0.1) is 13.2 Å². The highest BCUT2D eigenvalue weighted by Crippen LogP contribution is 2.31. The number of esters is 2. The van der Waals surface area contributed by atoms with E-state index in [-0.39, 0.29) is 24.6 Å². The van der Waals surface area contributed by atoms with E-state index < -0.39 is 0 Å². The number of hydrogen-bond donors (Lipinski definition) is 1. The third kappa shape index (κ3) is 28.3. The molecule has 1 aliphatic rings. The van der Waals surface area contributed by atoms with E-state index in [2.05, 4.69) is 25.7 Å². The fourth-order valence-electron chi connectivity index (χ4n) is 8.25. The van der Waals surface area contributed by atoms with Crippen LogP contribution in [0, 0.1) is 0 Å². The molecule has 1 N–H and O–H groups in total. The minimum Gasteiger partial charge on any atom is -0.466 e. The summed E-state index contributed by atoms with van der Waals surface area (Å²) in [5, 5.41) is 9.80. The Hall–Kier alpha value is -1.14. The molecule has 0 saturated carbocycles. The molecule has 1 rings (SSSR count). The number of hydrogen-bond acceptors (Lipinski definition) is 6. The van der Waals surface area contributed by atoms with E-state index in [1.54, 1.807) is 0 Å². The largest absolute Gasteiger partial charge is 0.466 e. The molecule has 6 heteroatoms. The van der Waals surface area contributed by atoms with Gasteiger partial charge < -0.3 is 14.6 Å². The fraction of sp³-hybridized carbons (Fsp3) is 0.957. The predicted molar refractivity (Wildman–Crippen MR) is 221 cm³/mol. The minimum absolute atomic E-state index is 0.0217. The summed E-state index contributed by atoms with van der Waals surface area (Å²) in [6.45, 7) is 8.37. The Morgan fingerprint density at radius 3 is 1.42 bits per heavy atom. The van der Waals surface area contributed by atoms with Crippen molar-refractivity contribution in [1.82, 2.24) is 4.90 Å². The van der Waals surface area contributed by atoms with Crippen molar-refractivity contribution < 1.29 is 24.2 Å². The Morgan fingerprint density at radius 2 is 0.942 bits per heavy atom. The van der Waals surface area contributed by atoms with E-state index in [9.17, 15) is 14.7 Å². The molecule has 52 heavy (non-hydrogen) atoms. The van der Waals surface area contributed by atoms with Crippen molar-refractivity contribution in [1.29, 1.82) is 0 Å². The fourth-order valence-corrected chi connectivity index (χ4v) is 8.25. The molecular weight excluding hydrogens is 647 g/mol. The number of aliphatic hydroxyl groups excluding tert-OH is 1. The van der Waals surface area contributed by atoms with E-state index >= 15 is 0 Å². The monoisotopic (exact) mass is 736 g/mol. The van der Waals surface area contributed by atoms with Gasteiger partial charge in [-0.15, -0.1) is 0 Å². The first-order valence-corrected chi connectivity index (χ1v) is 23.3. The summed E-state index contributed by atoms with van der Waals surface area (Å²) in [7, 11) is 0. The number of carbonyl (C=O) groups excluding carboxylic acids is 2. The van der Waals surface area contributed by atoms with Gasteiger partial charge in [0.1, 0.15) is 6.10 Å². The molecular formula is C46H89NO5. The molecule has 0 radical (unpaired) electrons. The molecule has 0 aliphatic carbocycles. The first kappa shape index (κ1) is 48.9. The molecule has 2 atom stereocenters. The van der Waals surface area contributed by atoms with Crippen LogP contribution < -0.4 is 0 Å². The molecule has 6 nitrogen and oxygen atoms in total. The average Bonchev–Trinajstić information content (AvgIpc) is 3.52. The summed E-state index contributed by atoms with van der Waals surface area (Å²) in [6, 6.07) is 1.16. The zero-order chi connectivity index (χ0) is 37.7. The Kier molecular flexibility index (Phi) is 34.6. The minimum atomic E-state index is -0.0232. The lowest BCUT2D eigenvalue weighted by atomic mass is 10.0. The second-order valence-corrected chi connectivity index (χ2v) is 16.3. The van der Waals surface area contributed by atoms with Crippen LogP contribution in [-0.2, 0) is 19.1 Å². The number of unbranched alkanes of at least 4 members (excludes halogenated alkanes) is 22. The zero-order valence-electron chi connectivity index (χ0n) is 35.1. The molecule has 308 valence electrons. The van der Waals surface area contributed by atoms with Crippen LogP contribution in [-0.4, -0.2) is 59.9 Å². The highest BCUT2D eigenvalue weighted by molar-refractivity contribution is 5.69. The standard InChI is InChI=1S/C46H89NO5/c1-4-7-10-13-16-23-30-41-51-45(49)35-28-21-19-24-31-42-37-38-43(47(42)39-40-48)32-25-20-22-29-36-46(50)52-44(33-26-17-14-11-8-5-2)34-27-18-15-12-9-6-3/h42-44,48H,4-41H2,1-3H3. The predicted octanol–water partition coefficient (Wildman–Crippen LogP) is 13.2. The van der Waals surface area contributed by atoms with Crippen LogP contribution in [0.25, 0.3) is 0 Å². The molecule has 1 aliphatic heterocycles.